The minimum Gasteiger partial charge on any atom is -0.326 e. The molecule has 0 spiro atoms. The molecule has 2 amide bonds. The number of nitrogens with one attached hydrogen (secondary N) is 2. The van der Waals surface area contributed by atoms with Gasteiger partial charge in [-0.15, -0.1) is 0 Å². The highest BCUT2D eigenvalue weighted by Crippen LogP contribution is 2.22. The van der Waals surface area contributed by atoms with Crippen molar-refractivity contribution in [2.75, 3.05) is 27.7 Å². The van der Waals surface area contributed by atoms with Crippen molar-refractivity contribution in [3.05, 3.63) is 54.3 Å². The van der Waals surface area contributed by atoms with Crippen LogP contribution in [-0.2, 0) is 19.6 Å². The van der Waals surface area contributed by atoms with E-state index >= 15 is 0 Å². The van der Waals surface area contributed by atoms with E-state index in [-0.39, 0.29) is 17.3 Å². The van der Waals surface area contributed by atoms with Gasteiger partial charge in [-0.25, -0.2) is 12.8 Å². The van der Waals surface area contributed by atoms with Crippen LogP contribution in [0, 0.1) is 5.82 Å². The number of sulfonamides is 1. The number of hydrogen-bond acceptors (Lipinski definition) is 4. The molecule has 2 aromatic rings. The van der Waals surface area contributed by atoms with Crippen LogP contribution in [0.1, 0.15) is 6.92 Å². The van der Waals surface area contributed by atoms with Crippen molar-refractivity contribution in [1.29, 1.82) is 0 Å². The molecule has 0 atom stereocenters. The van der Waals surface area contributed by atoms with Gasteiger partial charge in [-0.1, -0.05) is 12.1 Å². The third kappa shape index (κ3) is 5.55. The third-order valence-electron chi connectivity index (χ3n) is 3.25. The molecule has 0 fully saturated rings. The molecule has 0 bridgehead atoms. The van der Waals surface area contributed by atoms with Crippen molar-refractivity contribution >= 4 is 38.9 Å². The number of amides is 2. The minimum atomic E-state index is -3.77. The summed E-state index contributed by atoms with van der Waals surface area (Å²) in [5.41, 5.74) is 0.831. The lowest BCUT2D eigenvalue weighted by molar-refractivity contribution is -0.115. The molecule has 0 heterocycles. The lowest BCUT2D eigenvalue weighted by Crippen LogP contribution is -2.37. The molecule has 2 aromatic carbocycles. The van der Waals surface area contributed by atoms with E-state index in [0.717, 1.165) is 16.6 Å². The van der Waals surface area contributed by atoms with Crippen molar-refractivity contribution in [3.63, 3.8) is 0 Å². The van der Waals surface area contributed by atoms with Gasteiger partial charge in [-0.05, 0) is 36.4 Å². The van der Waals surface area contributed by atoms with Crippen molar-refractivity contribution < 1.29 is 22.4 Å². The number of carbonyl (C=O) groups excluding carboxylic acids is 2. The second kappa shape index (κ2) is 7.96. The number of halogens is 1. The van der Waals surface area contributed by atoms with Crippen molar-refractivity contribution in [2.45, 2.75) is 6.92 Å². The maximum Gasteiger partial charge on any atom is 0.245 e. The standard InChI is InChI=1S/C17H18FN3O4S/c1-12(22)19-15-7-4-8-16(10-15)21(26(2,24)25)11-17(23)20-14-6-3-5-13(18)9-14/h3-10H,11H2,1-2H3,(H,19,22)(H,20,23). The van der Waals surface area contributed by atoms with E-state index in [4.69, 9.17) is 0 Å². The molecule has 0 unspecified atom stereocenters. The molecular weight excluding hydrogens is 361 g/mol. The summed E-state index contributed by atoms with van der Waals surface area (Å²) in [5.74, 6) is -1.46. The van der Waals surface area contributed by atoms with E-state index in [1.807, 2.05) is 0 Å². The first-order valence-corrected chi connectivity index (χ1v) is 9.41. The van der Waals surface area contributed by atoms with Gasteiger partial charge in [0.05, 0.1) is 11.9 Å². The molecule has 0 aliphatic heterocycles. The molecule has 2 N–H and O–H groups in total. The Morgan fingerprint density at radius 2 is 1.65 bits per heavy atom. The Bertz CT molecular complexity index is 931. The molecular formula is C17H18FN3O4S. The molecule has 0 saturated carbocycles. The Hall–Kier alpha value is -2.94. The number of carbonyl (C=O) groups is 2. The summed E-state index contributed by atoms with van der Waals surface area (Å²) in [6.45, 7) is 0.826. The molecule has 0 saturated heterocycles. The van der Waals surface area contributed by atoms with Gasteiger partial charge in [0.2, 0.25) is 21.8 Å². The van der Waals surface area contributed by atoms with Crippen LogP contribution in [0.15, 0.2) is 48.5 Å². The lowest BCUT2D eigenvalue weighted by atomic mass is 10.2. The molecule has 0 radical (unpaired) electrons. The van der Waals surface area contributed by atoms with E-state index < -0.39 is 28.3 Å². The van der Waals surface area contributed by atoms with Crippen LogP contribution in [-0.4, -0.2) is 33.0 Å². The van der Waals surface area contributed by atoms with Crippen molar-refractivity contribution in [3.8, 4) is 0 Å². The zero-order valence-corrected chi connectivity index (χ0v) is 15.0. The van der Waals surface area contributed by atoms with Gasteiger partial charge in [0, 0.05) is 18.3 Å². The molecule has 26 heavy (non-hydrogen) atoms. The monoisotopic (exact) mass is 379 g/mol. The van der Waals surface area contributed by atoms with Gasteiger partial charge < -0.3 is 10.6 Å². The number of anilines is 3. The number of rotatable bonds is 6. The van der Waals surface area contributed by atoms with Crippen LogP contribution < -0.4 is 14.9 Å². The summed E-state index contributed by atoms with van der Waals surface area (Å²) < 4.78 is 38.3. The summed E-state index contributed by atoms with van der Waals surface area (Å²) in [4.78, 5) is 23.4. The van der Waals surface area contributed by atoms with Crippen LogP contribution in [0.3, 0.4) is 0 Å². The van der Waals surface area contributed by atoms with Gasteiger partial charge in [0.25, 0.3) is 0 Å². The van der Waals surface area contributed by atoms with Crippen LogP contribution in [0.5, 0.6) is 0 Å². The fraction of sp³-hybridized carbons (Fsp3) is 0.176. The normalized spacial score (nSPS) is 10.9. The molecule has 0 aliphatic carbocycles. The topological polar surface area (TPSA) is 95.6 Å². The fourth-order valence-corrected chi connectivity index (χ4v) is 3.09. The molecule has 2 rings (SSSR count). The quantitative estimate of drug-likeness (QED) is 0.804. The van der Waals surface area contributed by atoms with Crippen LogP contribution >= 0.6 is 0 Å². The van der Waals surface area contributed by atoms with E-state index in [1.54, 1.807) is 12.1 Å². The Kier molecular flexibility index (Phi) is 5.93. The molecule has 9 heteroatoms. The number of benzene rings is 2. The van der Waals surface area contributed by atoms with Crippen molar-refractivity contribution in [1.82, 2.24) is 0 Å². The summed E-state index contributed by atoms with van der Waals surface area (Å²) >= 11 is 0. The molecule has 7 nitrogen and oxygen atoms in total. The van der Waals surface area contributed by atoms with Gasteiger partial charge >= 0.3 is 0 Å². The molecule has 0 aliphatic rings. The first kappa shape index (κ1) is 19.4. The fourth-order valence-electron chi connectivity index (χ4n) is 2.24. The third-order valence-corrected chi connectivity index (χ3v) is 4.39. The van der Waals surface area contributed by atoms with Gasteiger partial charge in [-0.3, -0.25) is 13.9 Å². The number of nitrogens with zero attached hydrogens (tertiary/aromatic N) is 1. The summed E-state index contributed by atoms with van der Waals surface area (Å²) in [6, 6.07) is 11.4. The summed E-state index contributed by atoms with van der Waals surface area (Å²) in [6.07, 6.45) is 0.966. The largest absolute Gasteiger partial charge is 0.326 e. The van der Waals surface area contributed by atoms with E-state index in [1.165, 1.54) is 37.3 Å². The highest BCUT2D eigenvalue weighted by Gasteiger charge is 2.21. The first-order valence-electron chi connectivity index (χ1n) is 7.56. The first-order chi connectivity index (χ1) is 12.1. The predicted molar refractivity (Wildman–Crippen MR) is 98.0 cm³/mol. The Labute approximate surface area is 150 Å². The van der Waals surface area contributed by atoms with Crippen LogP contribution in [0.4, 0.5) is 21.5 Å². The zero-order chi connectivity index (χ0) is 19.3. The maximum absolute atomic E-state index is 13.2. The van der Waals surface area contributed by atoms with E-state index in [2.05, 4.69) is 10.6 Å². The summed E-state index contributed by atoms with van der Waals surface area (Å²) in [7, 11) is -3.77. The second-order valence-electron chi connectivity index (χ2n) is 5.56. The Balaban J connectivity index is 2.23. The van der Waals surface area contributed by atoms with Crippen LogP contribution in [0.2, 0.25) is 0 Å². The smallest absolute Gasteiger partial charge is 0.245 e. The number of hydrogen-bond donors (Lipinski definition) is 2. The average molecular weight is 379 g/mol. The zero-order valence-electron chi connectivity index (χ0n) is 14.2. The van der Waals surface area contributed by atoms with Gasteiger partial charge in [-0.2, -0.15) is 0 Å². The van der Waals surface area contributed by atoms with E-state index in [0.29, 0.717) is 5.69 Å². The Morgan fingerprint density at radius 1 is 1.04 bits per heavy atom. The van der Waals surface area contributed by atoms with Crippen molar-refractivity contribution in [2.24, 2.45) is 0 Å². The van der Waals surface area contributed by atoms with Gasteiger partial charge in [0.1, 0.15) is 12.4 Å². The summed E-state index contributed by atoms with van der Waals surface area (Å²) in [5, 5.41) is 5.00. The predicted octanol–water partition coefficient (Wildman–Crippen LogP) is 2.19. The maximum atomic E-state index is 13.2. The highest BCUT2D eigenvalue weighted by molar-refractivity contribution is 7.92. The molecule has 0 aromatic heterocycles. The van der Waals surface area contributed by atoms with Gasteiger partial charge in [0.15, 0.2) is 0 Å². The van der Waals surface area contributed by atoms with Crippen LogP contribution in [0.25, 0.3) is 0 Å². The Morgan fingerprint density at radius 3 is 2.23 bits per heavy atom. The van der Waals surface area contributed by atoms with E-state index in [9.17, 15) is 22.4 Å². The highest BCUT2D eigenvalue weighted by atomic mass is 32.2. The SMILES string of the molecule is CC(=O)Nc1cccc(N(CC(=O)Nc2cccc(F)c2)S(C)(=O)=O)c1. The minimum absolute atomic E-state index is 0.216. The lowest BCUT2D eigenvalue weighted by Gasteiger charge is -2.22. The average Bonchev–Trinajstić information content (AvgIpc) is 2.51. The molecule has 138 valence electrons. The second-order valence-corrected chi connectivity index (χ2v) is 7.47.